The Balaban J connectivity index is 1.96. The van der Waals surface area contributed by atoms with Crippen LogP contribution in [0.1, 0.15) is 37.7 Å². The maximum absolute atomic E-state index is 12.1. The topological polar surface area (TPSA) is 20.3 Å². The molecule has 4 atom stereocenters. The molecule has 2 heterocycles. The van der Waals surface area contributed by atoms with Gasteiger partial charge in [0.25, 0.3) is 0 Å². The summed E-state index contributed by atoms with van der Waals surface area (Å²) in [5.74, 6) is 0.981. The van der Waals surface area contributed by atoms with Crippen molar-refractivity contribution in [2.45, 2.75) is 44.2 Å². The van der Waals surface area contributed by atoms with E-state index in [2.05, 4.69) is 42.3 Å². The number of hydrogen-bond donors (Lipinski definition) is 0. The summed E-state index contributed by atoms with van der Waals surface area (Å²) in [6, 6.07) is 11.7. The lowest BCUT2D eigenvalue weighted by Crippen LogP contribution is -2.48. The van der Waals surface area contributed by atoms with Gasteiger partial charge < -0.3 is 0 Å². The van der Waals surface area contributed by atoms with Crippen molar-refractivity contribution in [2.24, 2.45) is 5.92 Å². The first kappa shape index (κ1) is 11.9. The molecular formula is C16H21NO. The minimum absolute atomic E-state index is 0.191. The van der Waals surface area contributed by atoms with Gasteiger partial charge in [0.1, 0.15) is 5.78 Å². The number of benzene rings is 1. The van der Waals surface area contributed by atoms with Crippen molar-refractivity contribution in [1.29, 1.82) is 0 Å². The Kier molecular flexibility index (Phi) is 2.98. The Bertz CT molecular complexity index is 442. The molecular weight excluding hydrogens is 222 g/mol. The first-order valence-electron chi connectivity index (χ1n) is 6.96. The molecule has 0 N–H and O–H groups in total. The molecule has 96 valence electrons. The largest absolute Gasteiger partial charge is 0.300 e. The number of rotatable bonds is 2. The minimum atomic E-state index is 0.191. The van der Waals surface area contributed by atoms with Crippen molar-refractivity contribution in [3.63, 3.8) is 0 Å². The summed E-state index contributed by atoms with van der Waals surface area (Å²) in [5, 5.41) is 0. The first-order chi connectivity index (χ1) is 8.68. The number of hydrogen-bond acceptors (Lipinski definition) is 2. The van der Waals surface area contributed by atoms with E-state index in [9.17, 15) is 4.79 Å². The maximum Gasteiger partial charge on any atom is 0.135 e. The zero-order chi connectivity index (χ0) is 12.7. The van der Waals surface area contributed by atoms with E-state index >= 15 is 0 Å². The molecule has 2 aliphatic heterocycles. The van der Waals surface area contributed by atoms with Crippen molar-refractivity contribution < 1.29 is 4.79 Å². The molecule has 2 saturated heterocycles. The number of fused-ring (bicyclic) bond motifs is 2. The number of Topliss-reactive ketones (excluding diaryl/α,β-unsaturated/α-hetero) is 1. The van der Waals surface area contributed by atoms with Crippen LogP contribution in [-0.4, -0.2) is 29.8 Å². The van der Waals surface area contributed by atoms with Gasteiger partial charge in [0.05, 0.1) is 0 Å². The van der Waals surface area contributed by atoms with Crippen LogP contribution in [-0.2, 0) is 4.79 Å². The highest BCUT2D eigenvalue weighted by Gasteiger charge is 2.47. The summed E-state index contributed by atoms with van der Waals surface area (Å²) in [7, 11) is 2.19. The smallest absolute Gasteiger partial charge is 0.135 e. The van der Waals surface area contributed by atoms with Crippen LogP contribution in [0.5, 0.6) is 0 Å². The molecule has 1 aromatic carbocycles. The summed E-state index contributed by atoms with van der Waals surface area (Å²) in [5.41, 5.74) is 1.35. The van der Waals surface area contributed by atoms with E-state index in [1.165, 1.54) is 18.4 Å². The molecule has 0 amide bonds. The standard InChI is InChI=1S/C16H21NO/c1-11(18)16-14(12-6-4-3-5-7-12)10-13-8-9-15(16)17(13)2/h3-7,13-16H,8-10H2,1-2H3/t13?,14-,15?,16+/m1/s1. The van der Waals surface area contributed by atoms with Crippen LogP contribution in [0.2, 0.25) is 0 Å². The van der Waals surface area contributed by atoms with E-state index < -0.39 is 0 Å². The van der Waals surface area contributed by atoms with Gasteiger partial charge in [0.2, 0.25) is 0 Å². The van der Waals surface area contributed by atoms with Crippen LogP contribution < -0.4 is 0 Å². The van der Waals surface area contributed by atoms with Crippen LogP contribution in [0.25, 0.3) is 0 Å². The fourth-order valence-electron chi connectivity index (χ4n) is 4.06. The summed E-state index contributed by atoms with van der Waals surface area (Å²) in [6.45, 7) is 1.77. The second-order valence-corrected chi connectivity index (χ2v) is 5.85. The maximum atomic E-state index is 12.1. The molecule has 2 fully saturated rings. The van der Waals surface area contributed by atoms with Crippen molar-refractivity contribution >= 4 is 5.78 Å². The predicted octanol–water partition coefficient (Wildman–Crippen LogP) is 2.84. The van der Waals surface area contributed by atoms with E-state index in [0.717, 1.165) is 6.42 Å². The van der Waals surface area contributed by atoms with E-state index in [-0.39, 0.29) is 5.92 Å². The molecule has 3 rings (SSSR count). The molecule has 0 aliphatic carbocycles. The fourth-order valence-corrected chi connectivity index (χ4v) is 4.06. The van der Waals surface area contributed by atoms with Crippen LogP contribution in [0, 0.1) is 5.92 Å². The number of nitrogens with zero attached hydrogens (tertiary/aromatic N) is 1. The van der Waals surface area contributed by atoms with E-state index in [0.29, 0.717) is 23.8 Å². The van der Waals surface area contributed by atoms with Gasteiger partial charge in [-0.15, -0.1) is 0 Å². The summed E-state index contributed by atoms with van der Waals surface area (Å²) in [6.07, 6.45) is 3.59. The van der Waals surface area contributed by atoms with Gasteiger partial charge in [0, 0.05) is 18.0 Å². The van der Waals surface area contributed by atoms with Gasteiger partial charge in [0.15, 0.2) is 0 Å². The quantitative estimate of drug-likeness (QED) is 0.796. The number of ketones is 1. The van der Waals surface area contributed by atoms with Crippen LogP contribution in [0.15, 0.2) is 30.3 Å². The van der Waals surface area contributed by atoms with Crippen LogP contribution >= 0.6 is 0 Å². The Morgan fingerprint density at radius 1 is 1.22 bits per heavy atom. The van der Waals surface area contributed by atoms with Gasteiger partial charge in [-0.05, 0) is 44.7 Å². The third-order valence-corrected chi connectivity index (χ3v) is 4.97. The normalized spacial score (nSPS) is 35.7. The SMILES string of the molecule is CC(=O)[C@@H]1C2CCC(C[C@@H]1c1ccccc1)N2C. The second-order valence-electron chi connectivity index (χ2n) is 5.85. The Morgan fingerprint density at radius 2 is 1.94 bits per heavy atom. The molecule has 2 aliphatic rings. The molecule has 0 aromatic heterocycles. The zero-order valence-electron chi connectivity index (χ0n) is 11.2. The van der Waals surface area contributed by atoms with Crippen LogP contribution in [0.3, 0.4) is 0 Å². The number of carbonyl (C=O) groups excluding carboxylic acids is 1. The highest BCUT2D eigenvalue weighted by atomic mass is 16.1. The average molecular weight is 243 g/mol. The highest BCUT2D eigenvalue weighted by Crippen LogP contribution is 2.46. The van der Waals surface area contributed by atoms with E-state index in [1.54, 1.807) is 6.92 Å². The molecule has 1 aromatic rings. The Morgan fingerprint density at radius 3 is 2.61 bits per heavy atom. The molecule has 2 nitrogen and oxygen atoms in total. The van der Waals surface area contributed by atoms with Gasteiger partial charge in [-0.1, -0.05) is 30.3 Å². The number of carbonyl (C=O) groups is 1. The van der Waals surface area contributed by atoms with Gasteiger partial charge in [-0.3, -0.25) is 9.69 Å². The molecule has 18 heavy (non-hydrogen) atoms. The fraction of sp³-hybridized carbons (Fsp3) is 0.562. The monoisotopic (exact) mass is 243 g/mol. The highest BCUT2D eigenvalue weighted by molar-refractivity contribution is 5.80. The molecule has 0 spiro atoms. The predicted molar refractivity (Wildman–Crippen MR) is 72.5 cm³/mol. The molecule has 2 bridgehead atoms. The van der Waals surface area contributed by atoms with Gasteiger partial charge in [-0.25, -0.2) is 0 Å². The molecule has 2 unspecified atom stereocenters. The lowest BCUT2D eigenvalue weighted by Gasteiger charge is -2.42. The average Bonchev–Trinajstić information content (AvgIpc) is 2.63. The van der Waals surface area contributed by atoms with E-state index in [4.69, 9.17) is 0 Å². The first-order valence-corrected chi connectivity index (χ1v) is 6.96. The summed E-state index contributed by atoms with van der Waals surface area (Å²) >= 11 is 0. The minimum Gasteiger partial charge on any atom is -0.300 e. The van der Waals surface area contributed by atoms with Crippen molar-refractivity contribution in [2.75, 3.05) is 7.05 Å². The summed E-state index contributed by atoms with van der Waals surface area (Å²) < 4.78 is 0. The number of piperidine rings is 1. The lowest BCUT2D eigenvalue weighted by atomic mass is 9.74. The molecule has 2 heteroatoms. The Hall–Kier alpha value is -1.15. The van der Waals surface area contributed by atoms with Crippen molar-refractivity contribution in [3.05, 3.63) is 35.9 Å². The zero-order valence-corrected chi connectivity index (χ0v) is 11.2. The van der Waals surface area contributed by atoms with E-state index in [1.807, 2.05) is 0 Å². The van der Waals surface area contributed by atoms with Crippen LogP contribution in [0.4, 0.5) is 0 Å². The molecule has 0 radical (unpaired) electrons. The molecule has 0 saturated carbocycles. The third-order valence-electron chi connectivity index (χ3n) is 4.97. The van der Waals surface area contributed by atoms with Gasteiger partial charge >= 0.3 is 0 Å². The second kappa shape index (κ2) is 4.51. The van der Waals surface area contributed by atoms with Crippen molar-refractivity contribution in [3.8, 4) is 0 Å². The Labute approximate surface area is 109 Å². The van der Waals surface area contributed by atoms with Crippen molar-refractivity contribution in [1.82, 2.24) is 4.90 Å². The summed E-state index contributed by atoms with van der Waals surface area (Å²) in [4.78, 5) is 14.5. The van der Waals surface area contributed by atoms with Gasteiger partial charge in [-0.2, -0.15) is 0 Å². The lowest BCUT2D eigenvalue weighted by molar-refractivity contribution is -0.124. The third kappa shape index (κ3) is 1.79.